The van der Waals surface area contributed by atoms with Gasteiger partial charge in [-0.3, -0.25) is 19.2 Å². The first-order chi connectivity index (χ1) is 24.1. The number of hydrogen-bond acceptors (Lipinski definition) is 8. The highest BCUT2D eigenvalue weighted by Crippen LogP contribution is 2.53. The number of carbonyl (C=O) groups excluding carboxylic acids is 4. The van der Waals surface area contributed by atoms with Crippen molar-refractivity contribution in [1.82, 2.24) is 30.5 Å². The van der Waals surface area contributed by atoms with Crippen molar-refractivity contribution in [2.45, 2.75) is 137 Å². The number of nitrogens with one attached hydrogen (secondary N) is 4. The summed E-state index contributed by atoms with van der Waals surface area (Å²) < 4.78 is 26.0. The van der Waals surface area contributed by atoms with E-state index in [-0.39, 0.29) is 47.7 Å². The highest BCUT2D eigenvalue weighted by Gasteiger charge is 2.57. The number of fused-ring (bicyclic) bond motifs is 1. The van der Waals surface area contributed by atoms with Crippen LogP contribution in [0.4, 0.5) is 0 Å². The highest BCUT2D eigenvalue weighted by atomic mass is 32.2. The van der Waals surface area contributed by atoms with Gasteiger partial charge in [-0.1, -0.05) is 93.2 Å². The van der Waals surface area contributed by atoms with Crippen LogP contribution in [0.2, 0.25) is 0 Å². The summed E-state index contributed by atoms with van der Waals surface area (Å²) in [4.78, 5) is 57.4. The quantitative estimate of drug-likeness (QED) is 0.121. The number of Topliss-reactive ketones (excluding diaryl/α,β-unsaturated/α-hetero) is 1. The molecular formula is C39H68N6O6S. The normalized spacial score (nSPS) is 24.3. The van der Waals surface area contributed by atoms with Crippen LogP contribution in [-0.4, -0.2) is 98.2 Å². The molecule has 0 aromatic carbocycles. The zero-order chi connectivity index (χ0) is 39.2. The molecule has 4 N–H and O–H groups in total. The predicted octanol–water partition coefficient (Wildman–Crippen LogP) is 4.09. The third-order valence-electron chi connectivity index (χ3n) is 12.1. The van der Waals surface area contributed by atoms with Gasteiger partial charge in [-0.25, -0.2) is 12.7 Å². The summed E-state index contributed by atoms with van der Waals surface area (Å²) in [5.74, 6) is -1.63. The largest absolute Gasteiger partial charge is 0.368 e. The Morgan fingerprint density at radius 1 is 1.02 bits per heavy atom. The van der Waals surface area contributed by atoms with E-state index >= 15 is 4.79 Å². The van der Waals surface area contributed by atoms with E-state index in [1.165, 1.54) is 16.6 Å². The summed E-state index contributed by atoms with van der Waals surface area (Å²) in [5.41, 5.74) is -0.875. The van der Waals surface area contributed by atoms with Crippen LogP contribution in [0.1, 0.15) is 113 Å². The lowest BCUT2D eigenvalue weighted by atomic mass is 9.70. The van der Waals surface area contributed by atoms with Crippen molar-refractivity contribution in [2.24, 2.45) is 28.1 Å². The Bertz CT molecular complexity index is 1430. The average molecular weight is 749 g/mol. The molecule has 0 bridgehead atoms. The molecule has 3 fully saturated rings. The molecule has 1 unspecified atom stereocenters. The van der Waals surface area contributed by atoms with Gasteiger partial charge in [0.25, 0.3) is 5.91 Å². The van der Waals surface area contributed by atoms with Gasteiger partial charge < -0.3 is 26.2 Å². The molecule has 1 aliphatic heterocycles. The van der Waals surface area contributed by atoms with Gasteiger partial charge in [0.2, 0.25) is 27.6 Å². The molecule has 13 heteroatoms. The van der Waals surface area contributed by atoms with Crippen LogP contribution in [0, 0.1) is 28.1 Å². The van der Waals surface area contributed by atoms with E-state index in [0.29, 0.717) is 25.2 Å². The maximum Gasteiger partial charge on any atom is 0.289 e. The fraction of sp³-hybridized carbons (Fsp3) is 0.795. The molecule has 0 spiro atoms. The SMILES string of the molecule is C=CCNC(=O)C(=O)C(CCCC)NC(=O)[C@@H]1[C@H]2CCC(C)(C)[C@H]2CN1C(=O)[C@@H](NC(=C)N[C@H](CN(C)S(C)(=O)=O)C(C)(C)C)C1(C)CCCCC1. The first kappa shape index (κ1) is 43.5. The Kier molecular flexibility index (Phi) is 14.6. The van der Waals surface area contributed by atoms with Crippen LogP contribution in [0.15, 0.2) is 25.1 Å². The number of likely N-dealkylation sites (tertiary alicyclic amines) is 1. The van der Waals surface area contributed by atoms with Gasteiger partial charge in [-0.05, 0) is 60.2 Å². The summed E-state index contributed by atoms with van der Waals surface area (Å²) in [5, 5.41) is 12.4. The Morgan fingerprint density at radius 2 is 1.65 bits per heavy atom. The molecule has 1 saturated heterocycles. The summed E-state index contributed by atoms with van der Waals surface area (Å²) in [6.45, 7) is 23.2. The van der Waals surface area contributed by atoms with Crippen LogP contribution in [0.3, 0.4) is 0 Å². The van der Waals surface area contributed by atoms with Crippen LogP contribution in [-0.2, 0) is 29.2 Å². The third-order valence-corrected chi connectivity index (χ3v) is 13.4. The number of ketones is 1. The fourth-order valence-corrected chi connectivity index (χ4v) is 8.85. The number of amides is 3. The minimum absolute atomic E-state index is 0.0887. The van der Waals surface area contributed by atoms with E-state index in [1.807, 2.05) is 27.7 Å². The standard InChI is InChI=1S/C39H68N6O6S/c1-12-14-18-29(32(46)35(48)40-23-13-2)43-34(47)31-27-19-22-38(7,8)28(27)24-45(31)36(49)33(39(9)20-16-15-17-21-39)42-26(3)41-30(37(4,5)6)25-44(10)52(11,50)51/h13,27-31,33,41-42H,2-3,12,14-25H2,1,4-11H3,(H,40,48)(H,43,47)/t27-,28-,29?,30+,31-,33+/m0/s1. The molecule has 3 rings (SSSR count). The van der Waals surface area contributed by atoms with Gasteiger partial charge in [0, 0.05) is 32.7 Å². The Labute approximate surface area is 313 Å². The zero-order valence-electron chi connectivity index (χ0n) is 33.4. The number of carbonyl (C=O) groups is 4. The van der Waals surface area contributed by atoms with Crippen LogP contribution in [0.25, 0.3) is 0 Å². The summed E-state index contributed by atoms with van der Waals surface area (Å²) in [6, 6.07) is -2.83. The number of hydrogen-bond donors (Lipinski definition) is 4. The van der Waals surface area contributed by atoms with Gasteiger partial charge in [0.05, 0.1) is 18.1 Å². The zero-order valence-corrected chi connectivity index (χ0v) is 34.2. The number of likely N-dealkylation sites (N-methyl/N-ethyl adjacent to an activating group) is 1. The van der Waals surface area contributed by atoms with Crippen molar-refractivity contribution in [3.63, 3.8) is 0 Å². The highest BCUT2D eigenvalue weighted by molar-refractivity contribution is 7.88. The van der Waals surface area contributed by atoms with Crippen molar-refractivity contribution in [3.8, 4) is 0 Å². The lowest BCUT2D eigenvalue weighted by Gasteiger charge is -2.44. The van der Waals surface area contributed by atoms with Crippen LogP contribution >= 0.6 is 0 Å². The lowest BCUT2D eigenvalue weighted by molar-refractivity contribution is -0.145. The molecule has 0 aromatic heterocycles. The number of sulfonamides is 1. The number of unbranched alkanes of at least 4 members (excludes halogenated alkanes) is 1. The van der Waals surface area contributed by atoms with Gasteiger partial charge in [0.15, 0.2) is 0 Å². The number of rotatable bonds is 18. The lowest BCUT2D eigenvalue weighted by Crippen LogP contribution is -2.61. The van der Waals surface area contributed by atoms with Gasteiger partial charge in [-0.15, -0.1) is 6.58 Å². The first-order valence-electron chi connectivity index (χ1n) is 19.2. The van der Waals surface area contributed by atoms with Crippen LogP contribution in [0.5, 0.6) is 0 Å². The molecule has 2 saturated carbocycles. The topological polar surface area (TPSA) is 157 Å². The molecule has 1 heterocycles. The summed E-state index contributed by atoms with van der Waals surface area (Å²) >= 11 is 0. The second-order valence-corrected chi connectivity index (χ2v) is 19.8. The second-order valence-electron chi connectivity index (χ2n) is 17.7. The van der Waals surface area contributed by atoms with Crippen LogP contribution < -0.4 is 21.3 Å². The predicted molar refractivity (Wildman–Crippen MR) is 206 cm³/mol. The van der Waals surface area contributed by atoms with E-state index < -0.39 is 51.2 Å². The third kappa shape index (κ3) is 10.6. The van der Waals surface area contributed by atoms with E-state index in [4.69, 9.17) is 0 Å². The molecule has 3 aliphatic rings. The summed E-state index contributed by atoms with van der Waals surface area (Å²) in [6.07, 6.45) is 10.8. The number of nitrogens with zero attached hydrogens (tertiary/aromatic N) is 2. The van der Waals surface area contributed by atoms with Crippen molar-refractivity contribution < 1.29 is 27.6 Å². The Balaban J connectivity index is 1.98. The molecule has 3 amide bonds. The Morgan fingerprint density at radius 3 is 2.21 bits per heavy atom. The second kappa shape index (κ2) is 17.5. The van der Waals surface area contributed by atoms with Crippen molar-refractivity contribution in [3.05, 3.63) is 25.1 Å². The fourth-order valence-electron chi connectivity index (χ4n) is 8.43. The molecule has 12 nitrogen and oxygen atoms in total. The van der Waals surface area contributed by atoms with Crippen molar-refractivity contribution >= 4 is 33.5 Å². The smallest absolute Gasteiger partial charge is 0.289 e. The maximum absolute atomic E-state index is 15.1. The molecule has 296 valence electrons. The van der Waals surface area contributed by atoms with Gasteiger partial charge in [0.1, 0.15) is 12.1 Å². The van der Waals surface area contributed by atoms with E-state index in [9.17, 15) is 22.8 Å². The first-order valence-corrected chi connectivity index (χ1v) is 21.1. The molecule has 52 heavy (non-hydrogen) atoms. The monoisotopic (exact) mass is 748 g/mol. The summed E-state index contributed by atoms with van der Waals surface area (Å²) in [7, 11) is -1.88. The average Bonchev–Trinajstić information content (AvgIpc) is 3.59. The van der Waals surface area contributed by atoms with E-state index in [1.54, 1.807) is 11.9 Å². The van der Waals surface area contributed by atoms with E-state index in [0.717, 1.165) is 51.4 Å². The Hall–Kier alpha value is -2.93. The van der Waals surface area contributed by atoms with Gasteiger partial charge >= 0.3 is 0 Å². The van der Waals surface area contributed by atoms with Crippen molar-refractivity contribution in [1.29, 1.82) is 0 Å². The molecule has 6 atom stereocenters. The molecule has 0 aromatic rings. The molecule has 0 radical (unpaired) electrons. The minimum Gasteiger partial charge on any atom is -0.368 e. The molecule has 2 aliphatic carbocycles. The minimum atomic E-state index is -3.43. The maximum atomic E-state index is 15.1. The van der Waals surface area contributed by atoms with Crippen molar-refractivity contribution in [2.75, 3.05) is 32.9 Å². The molecular weight excluding hydrogens is 681 g/mol. The van der Waals surface area contributed by atoms with E-state index in [2.05, 4.69) is 55.2 Å². The van der Waals surface area contributed by atoms with Gasteiger partial charge in [-0.2, -0.15) is 0 Å².